The zero-order chi connectivity index (χ0) is 16.8. The second-order valence-electron chi connectivity index (χ2n) is 5.52. The molecule has 1 aliphatic rings. The fraction of sp³-hybridized carbons (Fsp3) is 0.158. The van der Waals surface area contributed by atoms with Gasteiger partial charge in [0.1, 0.15) is 0 Å². The summed E-state index contributed by atoms with van der Waals surface area (Å²) in [6.45, 7) is 0. The standard InChI is InChI=1S/C19H15NO4/c1-22-15-8-11-6-13-17-10(4-5-20-13)7-16(23-2)19(24-3)18(17)12(11)9-14(15)21/h4-9H,1-3H3. The van der Waals surface area contributed by atoms with Crippen LogP contribution in [0.1, 0.15) is 5.56 Å². The summed E-state index contributed by atoms with van der Waals surface area (Å²) in [5.41, 5.74) is 1.70. The number of hydrogen-bond donors (Lipinski definition) is 0. The number of allylic oxidation sites excluding steroid dienone is 1. The lowest BCUT2D eigenvalue weighted by molar-refractivity contribution is -0.112. The molecule has 0 atom stereocenters. The molecule has 0 N–H and O–H groups in total. The van der Waals surface area contributed by atoms with E-state index in [1.165, 1.54) is 7.11 Å². The first-order valence-electron chi connectivity index (χ1n) is 7.45. The minimum atomic E-state index is -0.171. The van der Waals surface area contributed by atoms with E-state index < -0.39 is 0 Å². The van der Waals surface area contributed by atoms with Gasteiger partial charge in [-0.25, -0.2) is 0 Å². The predicted octanol–water partition coefficient (Wildman–Crippen LogP) is 2.47. The van der Waals surface area contributed by atoms with Gasteiger partial charge >= 0.3 is 0 Å². The summed E-state index contributed by atoms with van der Waals surface area (Å²) < 4.78 is 16.3. The van der Waals surface area contributed by atoms with Crippen molar-refractivity contribution in [3.8, 4) is 11.5 Å². The molecule has 0 spiro atoms. The molecule has 1 aliphatic carbocycles. The Morgan fingerprint density at radius 1 is 0.958 bits per heavy atom. The van der Waals surface area contributed by atoms with Crippen LogP contribution in [0, 0.1) is 0 Å². The van der Waals surface area contributed by atoms with Gasteiger partial charge in [0.05, 0.1) is 26.8 Å². The number of carbonyl (C=O) groups excluding carboxylic acids is 1. The molecule has 1 aromatic heterocycles. The first kappa shape index (κ1) is 14.5. The molecule has 0 bridgehead atoms. The molecule has 5 heteroatoms. The Bertz CT molecular complexity index is 1080. The molecular weight excluding hydrogens is 306 g/mol. The minimum absolute atomic E-state index is 0.171. The summed E-state index contributed by atoms with van der Waals surface area (Å²) in [7, 11) is 4.68. The van der Waals surface area contributed by atoms with Gasteiger partial charge in [-0.15, -0.1) is 0 Å². The summed E-state index contributed by atoms with van der Waals surface area (Å²) in [6.07, 6.45) is 5.07. The molecule has 5 nitrogen and oxygen atoms in total. The van der Waals surface area contributed by atoms with E-state index >= 15 is 0 Å². The predicted molar refractivity (Wildman–Crippen MR) is 92.0 cm³/mol. The van der Waals surface area contributed by atoms with Crippen molar-refractivity contribution in [1.29, 1.82) is 0 Å². The monoisotopic (exact) mass is 321 g/mol. The number of nitrogens with zero attached hydrogens (tertiary/aromatic N) is 1. The molecule has 4 rings (SSSR count). The number of aromatic nitrogens is 1. The summed E-state index contributed by atoms with van der Waals surface area (Å²) >= 11 is 0. The Balaban J connectivity index is 2.29. The molecule has 1 heterocycles. The van der Waals surface area contributed by atoms with E-state index in [0.717, 1.165) is 32.5 Å². The fourth-order valence-corrected chi connectivity index (χ4v) is 3.27. The van der Waals surface area contributed by atoms with Gasteiger partial charge < -0.3 is 14.2 Å². The van der Waals surface area contributed by atoms with Gasteiger partial charge in [-0.05, 0) is 46.5 Å². The first-order valence-corrected chi connectivity index (χ1v) is 7.45. The molecule has 0 aliphatic heterocycles. The highest BCUT2D eigenvalue weighted by atomic mass is 16.5. The Hall–Kier alpha value is -3.08. The second-order valence-corrected chi connectivity index (χ2v) is 5.52. The topological polar surface area (TPSA) is 57.6 Å². The van der Waals surface area contributed by atoms with Crippen molar-refractivity contribution in [3.63, 3.8) is 0 Å². The number of ether oxygens (including phenoxy) is 3. The normalized spacial score (nSPS) is 13.5. The van der Waals surface area contributed by atoms with E-state index in [-0.39, 0.29) is 5.78 Å². The first-order chi connectivity index (χ1) is 11.7. The Morgan fingerprint density at radius 2 is 1.79 bits per heavy atom. The van der Waals surface area contributed by atoms with Crippen molar-refractivity contribution in [3.05, 3.63) is 40.9 Å². The van der Waals surface area contributed by atoms with Gasteiger partial charge in [-0.2, -0.15) is 0 Å². The third-order valence-corrected chi connectivity index (χ3v) is 4.32. The molecule has 2 aromatic carbocycles. The van der Waals surface area contributed by atoms with Crippen LogP contribution in [-0.4, -0.2) is 32.1 Å². The van der Waals surface area contributed by atoms with Gasteiger partial charge in [0.15, 0.2) is 17.3 Å². The van der Waals surface area contributed by atoms with Gasteiger partial charge in [0, 0.05) is 17.0 Å². The zero-order valence-corrected chi connectivity index (χ0v) is 13.5. The van der Waals surface area contributed by atoms with Crippen LogP contribution in [0.25, 0.3) is 33.8 Å². The third kappa shape index (κ3) is 1.88. The van der Waals surface area contributed by atoms with Crippen LogP contribution in [0.5, 0.6) is 11.5 Å². The van der Waals surface area contributed by atoms with Crippen molar-refractivity contribution in [1.82, 2.24) is 4.98 Å². The van der Waals surface area contributed by atoms with Crippen molar-refractivity contribution in [2.24, 2.45) is 0 Å². The van der Waals surface area contributed by atoms with Gasteiger partial charge in [0.25, 0.3) is 0 Å². The van der Waals surface area contributed by atoms with E-state index in [1.54, 1.807) is 32.6 Å². The van der Waals surface area contributed by atoms with Crippen LogP contribution in [0.3, 0.4) is 0 Å². The van der Waals surface area contributed by atoms with Crippen LogP contribution < -0.4 is 14.7 Å². The lowest BCUT2D eigenvalue weighted by Gasteiger charge is -2.17. The smallest absolute Gasteiger partial charge is 0.221 e. The molecule has 0 saturated heterocycles. The molecule has 24 heavy (non-hydrogen) atoms. The average molecular weight is 321 g/mol. The SMILES string of the molecule is COC1=Cc2cc3nccc4cc(OC)c(OC)c(c2=CC1=O)c43. The second kappa shape index (κ2) is 5.23. The Kier molecular flexibility index (Phi) is 3.16. The van der Waals surface area contributed by atoms with Gasteiger partial charge in [0.2, 0.25) is 5.78 Å². The van der Waals surface area contributed by atoms with Gasteiger partial charge in [-0.1, -0.05) is 0 Å². The van der Waals surface area contributed by atoms with E-state index in [1.807, 2.05) is 18.2 Å². The van der Waals surface area contributed by atoms with Crippen LogP contribution in [0.15, 0.2) is 30.2 Å². The third-order valence-electron chi connectivity index (χ3n) is 4.32. The summed E-state index contributed by atoms with van der Waals surface area (Å²) in [6, 6.07) is 5.80. The van der Waals surface area contributed by atoms with Crippen LogP contribution in [0.2, 0.25) is 0 Å². The highest BCUT2D eigenvalue weighted by Gasteiger charge is 2.21. The number of carbonyl (C=O) groups is 1. The number of hydrogen-bond acceptors (Lipinski definition) is 5. The lowest BCUT2D eigenvalue weighted by atomic mass is 9.94. The Labute approximate surface area is 138 Å². The minimum Gasteiger partial charge on any atom is -0.493 e. The highest BCUT2D eigenvalue weighted by molar-refractivity contribution is 6.23. The molecule has 0 saturated carbocycles. The van der Waals surface area contributed by atoms with E-state index in [2.05, 4.69) is 4.98 Å². The number of methoxy groups -OCH3 is 3. The van der Waals surface area contributed by atoms with Crippen LogP contribution in [0.4, 0.5) is 0 Å². The lowest BCUT2D eigenvalue weighted by Crippen LogP contribution is -2.18. The number of Topliss-reactive ketones (excluding diaryl/α,β-unsaturated/α-hetero) is 1. The molecule has 3 aromatic rings. The number of pyridine rings is 1. The number of rotatable bonds is 3. The zero-order valence-electron chi connectivity index (χ0n) is 13.5. The number of ketones is 1. The fourth-order valence-electron chi connectivity index (χ4n) is 3.27. The molecule has 0 radical (unpaired) electrons. The molecular formula is C19H15NO4. The largest absolute Gasteiger partial charge is 0.493 e. The number of fused-ring (bicyclic) bond motifs is 2. The summed E-state index contributed by atoms with van der Waals surface area (Å²) in [5, 5.41) is 3.55. The maximum absolute atomic E-state index is 12.3. The molecule has 0 amide bonds. The summed E-state index contributed by atoms with van der Waals surface area (Å²) in [4.78, 5) is 16.8. The average Bonchev–Trinajstić information content (AvgIpc) is 2.61. The summed E-state index contributed by atoms with van der Waals surface area (Å²) in [5.74, 6) is 1.35. The highest BCUT2D eigenvalue weighted by Crippen LogP contribution is 2.39. The van der Waals surface area contributed by atoms with Crippen LogP contribution in [-0.2, 0) is 9.53 Å². The van der Waals surface area contributed by atoms with Crippen molar-refractivity contribution >= 4 is 39.6 Å². The number of benzene rings is 2. The quantitative estimate of drug-likeness (QED) is 0.742. The molecule has 0 fully saturated rings. The maximum Gasteiger partial charge on any atom is 0.221 e. The molecule has 0 unspecified atom stereocenters. The Morgan fingerprint density at radius 3 is 2.50 bits per heavy atom. The van der Waals surface area contributed by atoms with Crippen molar-refractivity contribution < 1.29 is 19.0 Å². The van der Waals surface area contributed by atoms with Gasteiger partial charge in [-0.3, -0.25) is 9.78 Å². The van der Waals surface area contributed by atoms with Crippen molar-refractivity contribution in [2.45, 2.75) is 0 Å². The van der Waals surface area contributed by atoms with Crippen molar-refractivity contribution in [2.75, 3.05) is 21.3 Å². The van der Waals surface area contributed by atoms with E-state index in [9.17, 15) is 4.79 Å². The maximum atomic E-state index is 12.3. The van der Waals surface area contributed by atoms with E-state index in [0.29, 0.717) is 17.3 Å². The molecule has 120 valence electrons. The van der Waals surface area contributed by atoms with Crippen LogP contribution >= 0.6 is 0 Å². The van der Waals surface area contributed by atoms with E-state index in [4.69, 9.17) is 14.2 Å².